The highest BCUT2D eigenvalue weighted by atomic mass is 19.1. The fourth-order valence-corrected chi connectivity index (χ4v) is 3.58. The molecule has 0 saturated heterocycles. The highest BCUT2D eigenvalue weighted by Crippen LogP contribution is 2.39. The summed E-state index contributed by atoms with van der Waals surface area (Å²) in [6, 6.07) is 5.84. The molecule has 3 aromatic heterocycles. The maximum absolute atomic E-state index is 15.2. The van der Waals surface area contributed by atoms with Crippen molar-refractivity contribution >= 4 is 16.9 Å². The number of halogens is 1. The molecule has 0 unspecified atom stereocenters. The molecule has 1 aromatic carbocycles. The molecule has 2 atom stereocenters. The molecule has 4 aromatic rings. The normalized spacial score (nSPS) is 17.5. The first-order valence-electron chi connectivity index (χ1n) is 9.06. The highest BCUT2D eigenvalue weighted by molar-refractivity contribution is 5.90. The highest BCUT2D eigenvalue weighted by Gasteiger charge is 2.40. The van der Waals surface area contributed by atoms with E-state index in [1.165, 1.54) is 18.2 Å². The molecule has 4 heterocycles. The van der Waals surface area contributed by atoms with Crippen LogP contribution < -0.4 is 0 Å². The van der Waals surface area contributed by atoms with Gasteiger partial charge in [-0.1, -0.05) is 12.1 Å². The SMILES string of the molecule is C[C@H](O)c1nnc(C(=O)N2CCc3[nH]cnc3[C@@H]2c2oc3ccccc3c2F)o1. The molecule has 0 fully saturated rings. The van der Waals surface area contributed by atoms with Gasteiger partial charge in [0, 0.05) is 18.7 Å². The number of furan rings is 1. The number of carbonyl (C=O) groups excluding carboxylic acids is 1. The van der Waals surface area contributed by atoms with Crippen molar-refractivity contribution in [3.8, 4) is 0 Å². The summed E-state index contributed by atoms with van der Waals surface area (Å²) in [5.41, 5.74) is 1.68. The molecule has 0 aliphatic carbocycles. The maximum Gasteiger partial charge on any atom is 0.312 e. The van der Waals surface area contributed by atoms with E-state index in [1.807, 2.05) is 0 Å². The van der Waals surface area contributed by atoms with Gasteiger partial charge in [0.05, 0.1) is 17.4 Å². The number of hydrogen-bond acceptors (Lipinski definition) is 7. The number of para-hydroxylation sites is 1. The summed E-state index contributed by atoms with van der Waals surface area (Å²) in [5.74, 6) is -1.51. The van der Waals surface area contributed by atoms with E-state index in [4.69, 9.17) is 8.83 Å². The van der Waals surface area contributed by atoms with Crippen LogP contribution in [-0.4, -0.2) is 42.6 Å². The smallest absolute Gasteiger partial charge is 0.312 e. The van der Waals surface area contributed by atoms with Gasteiger partial charge in [0.1, 0.15) is 17.7 Å². The fourth-order valence-electron chi connectivity index (χ4n) is 3.58. The minimum Gasteiger partial charge on any atom is -0.455 e. The number of carbonyl (C=O) groups is 1. The van der Waals surface area contributed by atoms with E-state index in [2.05, 4.69) is 20.2 Å². The van der Waals surface area contributed by atoms with Crippen LogP contribution >= 0.6 is 0 Å². The minimum absolute atomic E-state index is 0.0112. The predicted molar refractivity (Wildman–Crippen MR) is 96.3 cm³/mol. The molecule has 1 amide bonds. The van der Waals surface area contributed by atoms with Crippen LogP contribution in [0.5, 0.6) is 0 Å². The van der Waals surface area contributed by atoms with Crippen LogP contribution in [0.4, 0.5) is 4.39 Å². The third-order valence-electron chi connectivity index (χ3n) is 4.97. The molecule has 1 aliphatic heterocycles. The van der Waals surface area contributed by atoms with E-state index >= 15 is 4.39 Å². The monoisotopic (exact) mass is 397 g/mol. The third-order valence-corrected chi connectivity index (χ3v) is 4.97. The molecule has 0 saturated carbocycles. The van der Waals surface area contributed by atoms with Crippen LogP contribution in [-0.2, 0) is 6.42 Å². The number of aromatic nitrogens is 4. The zero-order chi connectivity index (χ0) is 20.1. The molecule has 0 bridgehead atoms. The zero-order valence-electron chi connectivity index (χ0n) is 15.3. The number of nitrogens with zero attached hydrogens (tertiary/aromatic N) is 4. The summed E-state index contributed by atoms with van der Waals surface area (Å²) in [5, 5.41) is 17.3. The van der Waals surface area contributed by atoms with Gasteiger partial charge in [-0.2, -0.15) is 0 Å². The van der Waals surface area contributed by atoms with Gasteiger partial charge in [-0.05, 0) is 19.1 Å². The largest absolute Gasteiger partial charge is 0.455 e. The van der Waals surface area contributed by atoms with Crippen molar-refractivity contribution in [2.75, 3.05) is 6.54 Å². The van der Waals surface area contributed by atoms with E-state index < -0.39 is 23.9 Å². The van der Waals surface area contributed by atoms with Gasteiger partial charge in [0.15, 0.2) is 11.6 Å². The summed E-state index contributed by atoms with van der Waals surface area (Å²) in [6.07, 6.45) is 0.994. The van der Waals surface area contributed by atoms with Crippen LogP contribution in [0.2, 0.25) is 0 Å². The van der Waals surface area contributed by atoms with Crippen molar-refractivity contribution < 1.29 is 23.1 Å². The maximum atomic E-state index is 15.2. The van der Waals surface area contributed by atoms with Crippen molar-refractivity contribution in [3.05, 3.63) is 65.3 Å². The van der Waals surface area contributed by atoms with Gasteiger partial charge in [-0.25, -0.2) is 9.37 Å². The second-order valence-corrected chi connectivity index (χ2v) is 6.82. The van der Waals surface area contributed by atoms with Crippen molar-refractivity contribution in [2.45, 2.75) is 25.5 Å². The van der Waals surface area contributed by atoms with E-state index in [1.54, 1.807) is 24.3 Å². The van der Waals surface area contributed by atoms with Gasteiger partial charge < -0.3 is 23.8 Å². The number of amides is 1. The number of aliphatic hydroxyl groups excluding tert-OH is 1. The van der Waals surface area contributed by atoms with Crippen LogP contribution in [0.15, 0.2) is 39.4 Å². The number of benzene rings is 1. The van der Waals surface area contributed by atoms with Crippen LogP contribution in [0.25, 0.3) is 11.0 Å². The second kappa shape index (κ2) is 6.52. The number of hydrogen-bond donors (Lipinski definition) is 2. The zero-order valence-corrected chi connectivity index (χ0v) is 15.3. The Bertz CT molecular complexity index is 1210. The quantitative estimate of drug-likeness (QED) is 0.545. The number of imidazole rings is 1. The van der Waals surface area contributed by atoms with Crippen molar-refractivity contribution in [2.24, 2.45) is 0 Å². The molecule has 9 nitrogen and oxygen atoms in total. The lowest BCUT2D eigenvalue weighted by molar-refractivity contribution is 0.0619. The van der Waals surface area contributed by atoms with Gasteiger partial charge >= 0.3 is 11.8 Å². The number of nitrogens with one attached hydrogen (secondary N) is 1. The van der Waals surface area contributed by atoms with Crippen molar-refractivity contribution in [1.82, 2.24) is 25.1 Å². The summed E-state index contributed by atoms with van der Waals surface area (Å²) >= 11 is 0. The molecule has 29 heavy (non-hydrogen) atoms. The van der Waals surface area contributed by atoms with Gasteiger partial charge in [-0.3, -0.25) is 4.79 Å². The number of fused-ring (bicyclic) bond motifs is 2. The Hall–Kier alpha value is -3.53. The Morgan fingerprint density at radius 1 is 1.34 bits per heavy atom. The van der Waals surface area contributed by atoms with Gasteiger partial charge in [-0.15, -0.1) is 10.2 Å². The Labute approximate surface area is 163 Å². The predicted octanol–water partition coefficient (Wildman–Crippen LogP) is 2.52. The molecule has 0 radical (unpaired) electrons. The average Bonchev–Trinajstić information content (AvgIpc) is 3.46. The first-order valence-corrected chi connectivity index (χ1v) is 9.06. The number of aliphatic hydroxyl groups is 1. The van der Waals surface area contributed by atoms with E-state index in [-0.39, 0.29) is 24.1 Å². The first-order chi connectivity index (χ1) is 14.0. The second-order valence-electron chi connectivity index (χ2n) is 6.82. The lowest BCUT2D eigenvalue weighted by Crippen LogP contribution is -2.41. The molecule has 5 rings (SSSR count). The van der Waals surface area contributed by atoms with E-state index in [0.717, 1.165) is 5.69 Å². The van der Waals surface area contributed by atoms with Crippen molar-refractivity contribution in [1.29, 1.82) is 0 Å². The summed E-state index contributed by atoms with van der Waals surface area (Å²) < 4.78 is 26.3. The molecular formula is C19H16FN5O4. The Morgan fingerprint density at radius 2 is 2.17 bits per heavy atom. The molecule has 148 valence electrons. The molecular weight excluding hydrogens is 381 g/mol. The molecule has 2 N–H and O–H groups in total. The average molecular weight is 397 g/mol. The third kappa shape index (κ3) is 2.71. The number of H-pyrrole nitrogens is 1. The molecule has 1 aliphatic rings. The standard InChI is InChI=1S/C19H16FN5O4/c1-9(26)17-23-24-18(29-17)19(27)25-7-6-11-14(22-8-21-11)15(25)16-13(20)10-4-2-3-5-12(10)28-16/h2-5,8-9,15,26H,6-7H2,1H3,(H,21,22)/t9-,15+/m0/s1. The lowest BCUT2D eigenvalue weighted by atomic mass is 9.99. The van der Waals surface area contributed by atoms with Crippen LogP contribution in [0.3, 0.4) is 0 Å². The lowest BCUT2D eigenvalue weighted by Gasteiger charge is -2.32. The fraction of sp³-hybridized carbons (Fsp3) is 0.263. The summed E-state index contributed by atoms with van der Waals surface area (Å²) in [4.78, 5) is 21.8. The van der Waals surface area contributed by atoms with Gasteiger partial charge in [0.2, 0.25) is 5.89 Å². The van der Waals surface area contributed by atoms with Crippen LogP contribution in [0, 0.1) is 5.82 Å². The van der Waals surface area contributed by atoms with Crippen LogP contribution in [0.1, 0.15) is 52.8 Å². The Morgan fingerprint density at radius 3 is 2.93 bits per heavy atom. The molecule has 0 spiro atoms. The van der Waals surface area contributed by atoms with Crippen molar-refractivity contribution in [3.63, 3.8) is 0 Å². The van der Waals surface area contributed by atoms with E-state index in [9.17, 15) is 9.90 Å². The Balaban J connectivity index is 1.62. The molecule has 10 heteroatoms. The Kier molecular flexibility index (Phi) is 3.95. The van der Waals surface area contributed by atoms with Gasteiger partial charge in [0.25, 0.3) is 0 Å². The summed E-state index contributed by atoms with van der Waals surface area (Å²) in [7, 11) is 0. The summed E-state index contributed by atoms with van der Waals surface area (Å²) in [6.45, 7) is 1.72. The topological polar surface area (TPSA) is 121 Å². The number of aromatic amines is 1. The first kappa shape index (κ1) is 17.6. The minimum atomic E-state index is -1.01. The number of rotatable bonds is 3. The van der Waals surface area contributed by atoms with E-state index in [0.29, 0.717) is 23.1 Å².